The Morgan fingerprint density at radius 2 is 1.95 bits per heavy atom. The van der Waals surface area contributed by atoms with Crippen molar-refractivity contribution in [3.8, 4) is 17.0 Å². The molecule has 1 unspecified atom stereocenters. The summed E-state index contributed by atoms with van der Waals surface area (Å²) >= 11 is 0. The molecule has 37 heavy (non-hydrogen) atoms. The number of fused-ring (bicyclic) bond motifs is 1. The van der Waals surface area contributed by atoms with Gasteiger partial charge in [-0.1, -0.05) is 6.07 Å². The minimum Gasteiger partial charge on any atom is -0.454 e. The maximum Gasteiger partial charge on any atom is 0.304 e. The van der Waals surface area contributed by atoms with E-state index >= 15 is 0 Å². The number of halogens is 4. The van der Waals surface area contributed by atoms with Crippen LogP contribution in [-0.2, 0) is 11.3 Å². The number of alkyl halides is 3. The Hall–Kier alpha value is -4.55. The molecule has 0 aliphatic carbocycles. The molecule has 9 nitrogen and oxygen atoms in total. The van der Waals surface area contributed by atoms with Crippen LogP contribution in [-0.4, -0.2) is 44.2 Å². The van der Waals surface area contributed by atoms with Crippen molar-refractivity contribution in [3.05, 3.63) is 71.4 Å². The minimum absolute atomic E-state index is 0.152. The molecule has 4 aromatic rings. The number of nitrogens with one attached hydrogen (secondary N) is 2. The molecule has 0 bridgehead atoms. The fourth-order valence-corrected chi connectivity index (χ4v) is 3.44. The van der Waals surface area contributed by atoms with Gasteiger partial charge in [-0.2, -0.15) is 9.49 Å². The van der Waals surface area contributed by atoms with Crippen molar-refractivity contribution >= 4 is 23.3 Å². The number of hydrogen-bond donors (Lipinski definition) is 2. The first kappa shape index (κ1) is 25.5. The molecule has 2 N–H and O–H groups in total. The lowest BCUT2D eigenvalue weighted by molar-refractivity contribution is -0.114. The summed E-state index contributed by atoms with van der Waals surface area (Å²) in [5.74, 6) is -1.91. The van der Waals surface area contributed by atoms with Crippen LogP contribution in [0.5, 0.6) is 5.75 Å². The van der Waals surface area contributed by atoms with Gasteiger partial charge in [0.25, 0.3) is 12.3 Å². The van der Waals surface area contributed by atoms with Gasteiger partial charge in [0, 0.05) is 30.8 Å². The summed E-state index contributed by atoms with van der Waals surface area (Å²) in [5.41, 5.74) is 1.65. The SMILES string of the molecule is CC(=O)Nc1cn2nc(-c3cnc(C)c(C(=O)NCc4c(F)cccc4OC(F)C(F)F)c3)ccc2n1. The van der Waals surface area contributed by atoms with E-state index in [0.717, 1.165) is 12.1 Å². The molecule has 0 aliphatic heterocycles. The first-order valence-electron chi connectivity index (χ1n) is 10.9. The second-order valence-electron chi connectivity index (χ2n) is 7.89. The molecule has 1 aromatic carbocycles. The highest BCUT2D eigenvalue weighted by Crippen LogP contribution is 2.25. The van der Waals surface area contributed by atoms with Gasteiger partial charge in [-0.25, -0.2) is 22.7 Å². The number of hydrogen-bond acceptors (Lipinski definition) is 6. The molecule has 0 fully saturated rings. The van der Waals surface area contributed by atoms with E-state index in [1.54, 1.807) is 19.1 Å². The molecule has 0 spiro atoms. The number of aromatic nitrogens is 4. The number of benzene rings is 1. The van der Waals surface area contributed by atoms with Crippen molar-refractivity contribution in [3.63, 3.8) is 0 Å². The lowest BCUT2D eigenvalue weighted by Crippen LogP contribution is -2.26. The zero-order valence-corrected chi connectivity index (χ0v) is 19.5. The molecule has 13 heteroatoms. The average molecular weight is 516 g/mol. The third-order valence-corrected chi connectivity index (χ3v) is 5.19. The second kappa shape index (κ2) is 10.6. The Kier molecular flexibility index (Phi) is 7.32. The number of pyridine rings is 1. The lowest BCUT2D eigenvalue weighted by atomic mass is 10.1. The number of carbonyl (C=O) groups is 2. The minimum atomic E-state index is -3.42. The van der Waals surface area contributed by atoms with Crippen molar-refractivity contribution in [1.82, 2.24) is 24.9 Å². The Morgan fingerprint density at radius 3 is 2.68 bits per heavy atom. The van der Waals surface area contributed by atoms with Crippen LogP contribution in [0, 0.1) is 12.7 Å². The molecule has 4 rings (SSSR count). The van der Waals surface area contributed by atoms with Gasteiger partial charge in [0.05, 0.1) is 23.1 Å². The molecule has 2 amide bonds. The predicted molar refractivity (Wildman–Crippen MR) is 124 cm³/mol. The molecule has 0 saturated carbocycles. The van der Waals surface area contributed by atoms with E-state index in [9.17, 15) is 27.2 Å². The normalized spacial score (nSPS) is 12.0. The van der Waals surface area contributed by atoms with Crippen LogP contribution >= 0.6 is 0 Å². The number of nitrogens with zero attached hydrogens (tertiary/aromatic N) is 4. The van der Waals surface area contributed by atoms with Crippen LogP contribution < -0.4 is 15.4 Å². The van der Waals surface area contributed by atoms with Crippen LogP contribution in [0.4, 0.5) is 23.4 Å². The number of ether oxygens (including phenoxy) is 1. The van der Waals surface area contributed by atoms with Gasteiger partial charge in [-0.15, -0.1) is 0 Å². The summed E-state index contributed by atoms with van der Waals surface area (Å²) in [6.07, 6.45) is -3.33. The fraction of sp³-hybridized carbons (Fsp3) is 0.208. The molecule has 0 saturated heterocycles. The Morgan fingerprint density at radius 1 is 1.16 bits per heavy atom. The molecular weight excluding hydrogens is 496 g/mol. The molecule has 1 atom stereocenters. The summed E-state index contributed by atoms with van der Waals surface area (Å²) in [4.78, 5) is 32.6. The van der Waals surface area contributed by atoms with Gasteiger partial charge >= 0.3 is 6.43 Å². The fourth-order valence-electron chi connectivity index (χ4n) is 3.44. The molecule has 192 valence electrons. The number of rotatable bonds is 8. The van der Waals surface area contributed by atoms with E-state index in [-0.39, 0.29) is 17.0 Å². The number of amides is 2. The third-order valence-electron chi connectivity index (χ3n) is 5.19. The zero-order valence-electron chi connectivity index (χ0n) is 19.5. The monoisotopic (exact) mass is 516 g/mol. The average Bonchev–Trinajstić information content (AvgIpc) is 3.24. The third kappa shape index (κ3) is 5.82. The van der Waals surface area contributed by atoms with Gasteiger partial charge in [0.1, 0.15) is 11.6 Å². The summed E-state index contributed by atoms with van der Waals surface area (Å²) in [7, 11) is 0. The zero-order chi connectivity index (χ0) is 26.7. The second-order valence-corrected chi connectivity index (χ2v) is 7.89. The Labute approximate surface area is 207 Å². The largest absolute Gasteiger partial charge is 0.454 e. The molecule has 3 heterocycles. The van der Waals surface area contributed by atoms with Crippen LogP contribution in [0.25, 0.3) is 16.9 Å². The molecule has 0 radical (unpaired) electrons. The van der Waals surface area contributed by atoms with E-state index in [2.05, 4.69) is 30.4 Å². The van der Waals surface area contributed by atoms with Gasteiger partial charge in [-0.3, -0.25) is 14.6 Å². The highest BCUT2D eigenvalue weighted by Gasteiger charge is 2.23. The molecular formula is C24H20F4N6O3. The van der Waals surface area contributed by atoms with Gasteiger partial charge in [0.2, 0.25) is 5.91 Å². The van der Waals surface area contributed by atoms with Crippen LogP contribution in [0.15, 0.2) is 48.8 Å². The molecule has 3 aromatic heterocycles. The maximum absolute atomic E-state index is 14.3. The summed E-state index contributed by atoms with van der Waals surface area (Å²) < 4.78 is 58.8. The van der Waals surface area contributed by atoms with E-state index < -0.39 is 36.8 Å². The number of aryl methyl sites for hydroxylation is 1. The van der Waals surface area contributed by atoms with Gasteiger partial charge in [-0.05, 0) is 37.3 Å². The number of imidazole rings is 1. The molecule has 0 aliphatic rings. The summed E-state index contributed by atoms with van der Waals surface area (Å²) in [6.45, 7) is 2.50. The smallest absolute Gasteiger partial charge is 0.304 e. The van der Waals surface area contributed by atoms with Crippen LogP contribution in [0.3, 0.4) is 0 Å². The van der Waals surface area contributed by atoms with Crippen molar-refractivity contribution < 1.29 is 31.9 Å². The predicted octanol–water partition coefficient (Wildman–Crippen LogP) is 4.07. The Bertz CT molecular complexity index is 1480. The highest BCUT2D eigenvalue weighted by atomic mass is 19.3. The summed E-state index contributed by atoms with van der Waals surface area (Å²) in [6, 6.07) is 8.20. The number of anilines is 1. The van der Waals surface area contributed by atoms with Crippen molar-refractivity contribution in [2.75, 3.05) is 5.32 Å². The van der Waals surface area contributed by atoms with Crippen molar-refractivity contribution in [1.29, 1.82) is 0 Å². The standard InChI is InChI=1S/C24H20F4N6O3/c1-12-15(24(36)30-10-16-17(25)4-3-5-19(16)37-23(28)22(26)27)8-14(9-29-12)18-6-7-21-32-20(31-13(2)35)11-34(21)33-18/h3-9,11,22-23H,10H2,1-2H3,(H,30,36)(H,31,35). The Balaban J connectivity index is 1.55. The van der Waals surface area contributed by atoms with Gasteiger partial charge in [0.15, 0.2) is 11.5 Å². The van der Waals surface area contributed by atoms with E-state index in [4.69, 9.17) is 0 Å². The van der Waals surface area contributed by atoms with Crippen molar-refractivity contribution in [2.24, 2.45) is 0 Å². The topological polar surface area (TPSA) is 111 Å². The van der Waals surface area contributed by atoms with E-state index in [0.29, 0.717) is 28.4 Å². The van der Waals surface area contributed by atoms with Crippen LogP contribution in [0.2, 0.25) is 0 Å². The van der Waals surface area contributed by atoms with Gasteiger partial charge < -0.3 is 15.4 Å². The highest BCUT2D eigenvalue weighted by molar-refractivity contribution is 5.96. The first-order chi connectivity index (χ1) is 17.6. The van der Waals surface area contributed by atoms with Crippen LogP contribution in [0.1, 0.15) is 28.5 Å². The maximum atomic E-state index is 14.3. The summed E-state index contributed by atoms with van der Waals surface area (Å²) in [5, 5.41) is 9.48. The van der Waals surface area contributed by atoms with Crippen molar-refractivity contribution in [2.45, 2.75) is 33.2 Å². The quantitative estimate of drug-likeness (QED) is 0.342. The van der Waals surface area contributed by atoms with E-state index in [1.165, 1.54) is 36.0 Å². The first-order valence-corrected chi connectivity index (χ1v) is 10.9. The number of carbonyl (C=O) groups excluding carboxylic acids is 2. The lowest BCUT2D eigenvalue weighted by Gasteiger charge is -2.15. The van der Waals surface area contributed by atoms with E-state index in [1.807, 2.05) is 0 Å².